The second-order valence-corrected chi connectivity index (χ2v) is 11.3. The van der Waals surface area contributed by atoms with E-state index in [0.29, 0.717) is 75.1 Å². The van der Waals surface area contributed by atoms with Crippen molar-refractivity contribution in [2.45, 2.75) is 76.7 Å². The molecule has 4 heterocycles. The molecule has 2 N–H and O–H groups in total. The van der Waals surface area contributed by atoms with Gasteiger partial charge in [-0.3, -0.25) is 28.7 Å². The summed E-state index contributed by atoms with van der Waals surface area (Å²) < 4.78 is 3.19. The first kappa shape index (κ1) is 31.6. The zero-order valence-electron chi connectivity index (χ0n) is 24.3. The van der Waals surface area contributed by atoms with Crippen LogP contribution in [-0.2, 0) is 13.1 Å². The minimum absolute atomic E-state index is 0.341. The van der Waals surface area contributed by atoms with Crippen molar-refractivity contribution < 1.29 is 0 Å². The Kier molecular flexibility index (Phi) is 10.3. The smallest absolute Gasteiger partial charge is 0.327 e. The number of aromatic amines is 2. The van der Waals surface area contributed by atoms with Gasteiger partial charge in [-0.05, 0) is 25.7 Å². The van der Waals surface area contributed by atoms with Crippen LogP contribution >= 0.6 is 23.2 Å². The van der Waals surface area contributed by atoms with Crippen molar-refractivity contribution in [2.75, 3.05) is 45.8 Å². The zero-order valence-corrected chi connectivity index (χ0v) is 25.8. The summed E-state index contributed by atoms with van der Waals surface area (Å²) in [4.78, 5) is 63.6. The summed E-state index contributed by atoms with van der Waals surface area (Å²) in [6.07, 6.45) is 7.92. The minimum atomic E-state index is -0.678. The monoisotopic (exact) mass is 622 g/mol. The first-order valence-corrected chi connectivity index (χ1v) is 15.4. The van der Waals surface area contributed by atoms with Gasteiger partial charge in [-0.1, -0.05) is 62.0 Å². The molecule has 0 bridgehead atoms. The van der Waals surface area contributed by atoms with Crippen LogP contribution in [0.15, 0.2) is 44.5 Å². The molecular formula is C28H40Cl2N8O4. The van der Waals surface area contributed by atoms with Crippen LogP contribution in [0.1, 0.15) is 52.4 Å². The molecule has 42 heavy (non-hydrogen) atoms. The van der Waals surface area contributed by atoms with Gasteiger partial charge in [0, 0.05) is 39.3 Å². The van der Waals surface area contributed by atoms with E-state index in [-0.39, 0.29) is 0 Å². The maximum Gasteiger partial charge on any atom is 0.330 e. The summed E-state index contributed by atoms with van der Waals surface area (Å²) in [5.74, 6) is 1.02. The number of alkyl halides is 2. The summed E-state index contributed by atoms with van der Waals surface area (Å²) in [6.45, 7) is 14.2. The molecule has 2 aromatic heterocycles. The van der Waals surface area contributed by atoms with Crippen LogP contribution in [0.3, 0.4) is 0 Å². The SMILES string of the molecule is C=CCN1c2c(n(CCCC)c(=O)[nH]c2=O)N(CCCCN2c3c(c(=O)[nH]c(=O)n3CCCC)N(CC=C)C2Cl)C1Cl. The fourth-order valence-electron chi connectivity index (χ4n) is 5.62. The molecular weight excluding hydrogens is 583 g/mol. The number of nitrogens with zero attached hydrogens (tertiary/aromatic N) is 6. The van der Waals surface area contributed by atoms with Crippen molar-refractivity contribution in [1.29, 1.82) is 0 Å². The maximum atomic E-state index is 12.9. The topological polar surface area (TPSA) is 123 Å². The molecule has 14 heteroatoms. The molecule has 2 aliphatic heterocycles. The van der Waals surface area contributed by atoms with E-state index < -0.39 is 33.7 Å². The number of halogens is 2. The molecule has 0 aliphatic carbocycles. The Morgan fingerprint density at radius 2 is 1.02 bits per heavy atom. The number of hydrogen-bond donors (Lipinski definition) is 2. The van der Waals surface area contributed by atoms with Crippen LogP contribution in [0.2, 0.25) is 0 Å². The lowest BCUT2D eigenvalue weighted by Gasteiger charge is -2.29. The van der Waals surface area contributed by atoms with Gasteiger partial charge in [0.15, 0.2) is 11.2 Å². The highest BCUT2D eigenvalue weighted by Gasteiger charge is 2.40. The van der Waals surface area contributed by atoms with Crippen LogP contribution in [0, 0.1) is 0 Å². The van der Waals surface area contributed by atoms with Crippen molar-refractivity contribution in [3.63, 3.8) is 0 Å². The number of nitrogens with one attached hydrogen (secondary N) is 2. The highest BCUT2D eigenvalue weighted by molar-refractivity contribution is 6.24. The van der Waals surface area contributed by atoms with Crippen molar-refractivity contribution in [2.24, 2.45) is 0 Å². The van der Waals surface area contributed by atoms with Gasteiger partial charge in [-0.2, -0.15) is 0 Å². The third-order valence-electron chi connectivity index (χ3n) is 7.61. The third kappa shape index (κ3) is 5.78. The largest absolute Gasteiger partial charge is 0.330 e. The van der Waals surface area contributed by atoms with Gasteiger partial charge in [-0.15, -0.1) is 13.2 Å². The van der Waals surface area contributed by atoms with E-state index in [1.165, 1.54) is 0 Å². The predicted octanol–water partition coefficient (Wildman–Crippen LogP) is 3.14. The van der Waals surface area contributed by atoms with Crippen molar-refractivity contribution in [3.8, 4) is 0 Å². The lowest BCUT2D eigenvalue weighted by atomic mass is 10.2. The molecule has 0 aromatic carbocycles. The van der Waals surface area contributed by atoms with E-state index in [2.05, 4.69) is 23.1 Å². The molecule has 2 atom stereocenters. The molecule has 0 saturated carbocycles. The molecule has 0 fully saturated rings. The maximum absolute atomic E-state index is 12.9. The van der Waals surface area contributed by atoms with E-state index in [0.717, 1.165) is 25.7 Å². The Hall–Kier alpha value is -3.38. The van der Waals surface area contributed by atoms with Crippen LogP contribution < -0.4 is 42.1 Å². The average molecular weight is 624 g/mol. The van der Waals surface area contributed by atoms with E-state index >= 15 is 0 Å². The van der Waals surface area contributed by atoms with Crippen molar-refractivity contribution in [1.82, 2.24) is 19.1 Å². The summed E-state index contributed by atoms with van der Waals surface area (Å²) in [6, 6.07) is 0. The fourth-order valence-corrected chi connectivity index (χ4v) is 6.36. The fraction of sp³-hybridized carbons (Fsp3) is 0.571. The summed E-state index contributed by atoms with van der Waals surface area (Å²) in [5, 5.41) is 0. The highest BCUT2D eigenvalue weighted by Crippen LogP contribution is 2.39. The molecule has 2 aliphatic rings. The summed E-state index contributed by atoms with van der Waals surface area (Å²) >= 11 is 13.8. The van der Waals surface area contributed by atoms with E-state index in [1.807, 2.05) is 23.6 Å². The number of anilines is 4. The predicted molar refractivity (Wildman–Crippen MR) is 171 cm³/mol. The molecule has 0 spiro atoms. The molecule has 2 unspecified atom stereocenters. The highest BCUT2D eigenvalue weighted by atomic mass is 35.5. The van der Waals surface area contributed by atoms with Gasteiger partial charge in [-0.25, -0.2) is 9.59 Å². The first-order chi connectivity index (χ1) is 20.2. The number of fused-ring (bicyclic) bond motifs is 2. The zero-order chi connectivity index (χ0) is 30.6. The second-order valence-electron chi connectivity index (χ2n) is 10.5. The van der Waals surface area contributed by atoms with Crippen molar-refractivity contribution in [3.05, 3.63) is 67.0 Å². The average Bonchev–Trinajstić information content (AvgIpc) is 3.38. The van der Waals surface area contributed by atoms with Crippen molar-refractivity contribution >= 4 is 46.2 Å². The Bertz CT molecular complexity index is 1420. The first-order valence-electron chi connectivity index (χ1n) is 14.5. The minimum Gasteiger partial charge on any atom is -0.327 e. The Balaban J connectivity index is 1.60. The van der Waals surface area contributed by atoms with Crippen LogP contribution in [0.4, 0.5) is 23.0 Å². The molecule has 0 radical (unpaired) electrons. The second kappa shape index (κ2) is 13.7. The molecule has 0 amide bonds. The van der Waals surface area contributed by atoms with Gasteiger partial charge in [0.1, 0.15) is 23.0 Å². The summed E-state index contributed by atoms with van der Waals surface area (Å²) in [7, 11) is 0. The third-order valence-corrected chi connectivity index (χ3v) is 8.56. The molecule has 4 rings (SSSR count). The molecule has 230 valence electrons. The normalized spacial score (nSPS) is 17.6. The van der Waals surface area contributed by atoms with Gasteiger partial charge in [0.25, 0.3) is 11.1 Å². The number of unbranched alkanes of at least 4 members (excludes halogenated alkanes) is 3. The van der Waals surface area contributed by atoms with E-state index in [4.69, 9.17) is 23.2 Å². The van der Waals surface area contributed by atoms with Crippen LogP contribution in [0.25, 0.3) is 0 Å². The molecule has 2 aromatic rings. The Morgan fingerprint density at radius 3 is 1.36 bits per heavy atom. The molecule has 12 nitrogen and oxygen atoms in total. The lowest BCUT2D eigenvalue weighted by molar-refractivity contribution is 0.573. The van der Waals surface area contributed by atoms with E-state index in [1.54, 1.807) is 31.1 Å². The number of aromatic nitrogens is 4. The lowest BCUT2D eigenvalue weighted by Crippen LogP contribution is -2.42. The quantitative estimate of drug-likeness (QED) is 0.134. The Labute approximate surface area is 254 Å². The number of H-pyrrole nitrogens is 2. The van der Waals surface area contributed by atoms with Gasteiger partial charge in [0.2, 0.25) is 0 Å². The number of rotatable bonds is 15. The van der Waals surface area contributed by atoms with Gasteiger partial charge < -0.3 is 19.6 Å². The molecule has 0 saturated heterocycles. The standard InChI is InChI=1S/C28H40Cl2N8O4/c1-5-9-15-37-23-19(21(39)31-27(37)41)33(13-7-3)25(29)35(23)17-11-12-18-36-24-20(34(14-8-4)26(36)30)22(40)32-28(42)38(24)16-10-6-2/h7-8,25-26H,3-6,9-18H2,1-2H3,(H,31,39,41)(H,32,40,42). The van der Waals surface area contributed by atoms with Crippen LogP contribution in [0.5, 0.6) is 0 Å². The van der Waals surface area contributed by atoms with Gasteiger partial charge in [0.05, 0.1) is 0 Å². The summed E-state index contributed by atoms with van der Waals surface area (Å²) in [5.41, 5.74) is -2.51. The van der Waals surface area contributed by atoms with E-state index in [9.17, 15) is 19.2 Å². The Morgan fingerprint density at radius 1 is 0.643 bits per heavy atom. The number of hydrogen-bond acceptors (Lipinski definition) is 8. The van der Waals surface area contributed by atoms with Crippen LogP contribution in [-0.4, -0.2) is 56.5 Å². The van der Waals surface area contributed by atoms with Gasteiger partial charge >= 0.3 is 11.4 Å².